The van der Waals surface area contributed by atoms with Gasteiger partial charge in [-0.05, 0) is 31.5 Å². The number of benzene rings is 1. The van der Waals surface area contributed by atoms with Gasteiger partial charge in [-0.25, -0.2) is 14.4 Å². The van der Waals surface area contributed by atoms with E-state index in [1.165, 1.54) is 6.07 Å². The number of nitrogens with zero attached hydrogens (tertiary/aromatic N) is 3. The third-order valence-electron chi connectivity index (χ3n) is 4.10. The van der Waals surface area contributed by atoms with Crippen LogP contribution in [0.2, 0.25) is 0 Å². The average Bonchev–Trinajstić information content (AvgIpc) is 2.63. The molecule has 0 atom stereocenters. The van der Waals surface area contributed by atoms with Crippen LogP contribution < -0.4 is 10.6 Å². The number of nitrogen functional groups attached to an aromatic ring is 1. The lowest BCUT2D eigenvalue weighted by Crippen LogP contribution is -2.37. The van der Waals surface area contributed by atoms with Gasteiger partial charge in [0.05, 0.1) is 18.8 Å². The first-order valence-electron chi connectivity index (χ1n) is 8.26. The van der Waals surface area contributed by atoms with E-state index >= 15 is 0 Å². The smallest absolute Gasteiger partial charge is 0.373 e. The van der Waals surface area contributed by atoms with Crippen LogP contribution in [0.15, 0.2) is 18.2 Å². The topological polar surface area (TPSA) is 98.4 Å². The van der Waals surface area contributed by atoms with Gasteiger partial charge in [0.25, 0.3) is 0 Å². The molecular weight excluding hydrogens is 339 g/mol. The molecule has 1 aromatic heterocycles. The molecule has 7 nitrogen and oxygen atoms in total. The molecule has 0 unspecified atom stereocenters. The van der Waals surface area contributed by atoms with Crippen molar-refractivity contribution in [1.82, 2.24) is 9.97 Å². The summed E-state index contributed by atoms with van der Waals surface area (Å²) in [5, 5.41) is 0. The highest BCUT2D eigenvalue weighted by Crippen LogP contribution is 2.28. The zero-order valence-corrected chi connectivity index (χ0v) is 14.8. The first kappa shape index (κ1) is 19.5. The largest absolute Gasteiger partial charge is 0.399 e. The van der Waals surface area contributed by atoms with Crippen molar-refractivity contribution in [2.24, 2.45) is 0 Å². The van der Waals surface area contributed by atoms with Crippen molar-refractivity contribution in [3.8, 4) is 11.4 Å². The SMILES string of the molecule is CCc1nc(-c2ccc(N)cc2F)nc(N2CCOCC2)c1C.O=C=O. The van der Waals surface area contributed by atoms with Crippen LogP contribution in [0.5, 0.6) is 0 Å². The van der Waals surface area contributed by atoms with Crippen LogP contribution in [0.3, 0.4) is 0 Å². The number of aryl methyl sites for hydroxylation is 1. The molecule has 138 valence electrons. The van der Waals surface area contributed by atoms with Crippen LogP contribution in [-0.4, -0.2) is 42.4 Å². The number of ether oxygens (including phenoxy) is 1. The molecular formula is C18H21FN4O3. The number of morpholine rings is 1. The van der Waals surface area contributed by atoms with E-state index in [0.29, 0.717) is 30.3 Å². The van der Waals surface area contributed by atoms with Crippen molar-refractivity contribution in [1.29, 1.82) is 0 Å². The zero-order chi connectivity index (χ0) is 19.1. The van der Waals surface area contributed by atoms with Gasteiger partial charge in [0.1, 0.15) is 11.6 Å². The highest BCUT2D eigenvalue weighted by molar-refractivity contribution is 5.63. The van der Waals surface area contributed by atoms with Gasteiger partial charge in [0.2, 0.25) is 0 Å². The first-order valence-corrected chi connectivity index (χ1v) is 8.26. The predicted molar refractivity (Wildman–Crippen MR) is 94.0 cm³/mol. The molecule has 2 heterocycles. The molecule has 1 aliphatic rings. The summed E-state index contributed by atoms with van der Waals surface area (Å²) in [6.07, 6.45) is 1.02. The molecule has 0 spiro atoms. The quantitative estimate of drug-likeness (QED) is 0.836. The van der Waals surface area contributed by atoms with E-state index in [9.17, 15) is 4.39 Å². The Balaban J connectivity index is 0.000000758. The summed E-state index contributed by atoms with van der Waals surface area (Å²) >= 11 is 0. The molecule has 8 heteroatoms. The lowest BCUT2D eigenvalue weighted by atomic mass is 10.1. The number of halogens is 1. The van der Waals surface area contributed by atoms with Crippen LogP contribution in [0.4, 0.5) is 15.9 Å². The molecule has 2 N–H and O–H groups in total. The van der Waals surface area contributed by atoms with Crippen molar-refractivity contribution in [3.63, 3.8) is 0 Å². The summed E-state index contributed by atoms with van der Waals surface area (Å²) in [4.78, 5) is 27.6. The Bertz CT molecular complexity index is 801. The Hall–Kier alpha value is -2.83. The van der Waals surface area contributed by atoms with Crippen LogP contribution in [0.25, 0.3) is 11.4 Å². The standard InChI is InChI=1S/C17H21FN4O.CO2/c1-3-15-11(2)17(22-6-8-23-9-7-22)21-16(20-15)13-5-4-12(19)10-14(13)18;2-1-3/h4-5,10H,3,6-9,19H2,1-2H3;. The minimum absolute atomic E-state index is 0.250. The fraction of sp³-hybridized carbons (Fsp3) is 0.389. The number of aromatic nitrogens is 2. The molecule has 0 saturated carbocycles. The average molecular weight is 360 g/mol. The van der Waals surface area contributed by atoms with E-state index in [2.05, 4.69) is 14.9 Å². The van der Waals surface area contributed by atoms with Gasteiger partial charge < -0.3 is 15.4 Å². The van der Waals surface area contributed by atoms with Crippen molar-refractivity contribution in [3.05, 3.63) is 35.3 Å². The molecule has 1 aliphatic heterocycles. The molecule has 0 aliphatic carbocycles. The maximum atomic E-state index is 14.3. The number of rotatable bonds is 3. The van der Waals surface area contributed by atoms with Gasteiger partial charge in [0, 0.05) is 30.0 Å². The van der Waals surface area contributed by atoms with Gasteiger partial charge in [-0.2, -0.15) is 9.59 Å². The predicted octanol–water partition coefficient (Wildman–Crippen LogP) is 1.99. The van der Waals surface area contributed by atoms with Crippen molar-refractivity contribution >= 4 is 17.7 Å². The fourth-order valence-electron chi connectivity index (χ4n) is 2.81. The molecule has 0 radical (unpaired) electrons. The lowest BCUT2D eigenvalue weighted by Gasteiger charge is -2.29. The zero-order valence-electron chi connectivity index (χ0n) is 14.8. The Morgan fingerprint density at radius 3 is 2.50 bits per heavy atom. The first-order chi connectivity index (χ1) is 12.5. The summed E-state index contributed by atoms with van der Waals surface area (Å²) < 4.78 is 19.7. The van der Waals surface area contributed by atoms with Gasteiger partial charge in [-0.3, -0.25) is 0 Å². The van der Waals surface area contributed by atoms with E-state index in [4.69, 9.17) is 20.1 Å². The van der Waals surface area contributed by atoms with Crippen LogP contribution in [0, 0.1) is 12.7 Å². The molecule has 1 aromatic carbocycles. The number of carbonyl (C=O) groups excluding carboxylic acids is 2. The second-order valence-corrected chi connectivity index (χ2v) is 5.72. The van der Waals surface area contributed by atoms with Crippen LogP contribution in [-0.2, 0) is 20.7 Å². The molecule has 2 aromatic rings. The number of hydrogen-bond acceptors (Lipinski definition) is 7. The molecule has 3 rings (SSSR count). The monoisotopic (exact) mass is 360 g/mol. The Labute approximate surface area is 151 Å². The third-order valence-corrected chi connectivity index (χ3v) is 4.10. The number of nitrogens with two attached hydrogens (primary N) is 1. The summed E-state index contributed by atoms with van der Waals surface area (Å²) in [6.45, 7) is 6.98. The maximum Gasteiger partial charge on any atom is 0.373 e. The summed E-state index contributed by atoms with van der Waals surface area (Å²) in [6, 6.07) is 4.61. The Morgan fingerprint density at radius 1 is 1.27 bits per heavy atom. The summed E-state index contributed by atoms with van der Waals surface area (Å²) in [5.41, 5.74) is 8.39. The van der Waals surface area contributed by atoms with Gasteiger partial charge in [-0.15, -0.1) is 0 Å². The van der Waals surface area contributed by atoms with Crippen molar-refractivity contribution in [2.75, 3.05) is 36.9 Å². The maximum absolute atomic E-state index is 14.3. The van der Waals surface area contributed by atoms with Gasteiger partial charge >= 0.3 is 6.15 Å². The second-order valence-electron chi connectivity index (χ2n) is 5.72. The highest BCUT2D eigenvalue weighted by Gasteiger charge is 2.20. The Morgan fingerprint density at radius 2 is 1.92 bits per heavy atom. The molecule has 26 heavy (non-hydrogen) atoms. The normalized spacial score (nSPS) is 13.6. The fourth-order valence-corrected chi connectivity index (χ4v) is 2.81. The van der Waals surface area contributed by atoms with Crippen LogP contribution >= 0.6 is 0 Å². The molecule has 0 amide bonds. The molecule has 1 saturated heterocycles. The van der Waals surface area contributed by atoms with Crippen LogP contribution in [0.1, 0.15) is 18.2 Å². The highest BCUT2D eigenvalue weighted by atomic mass is 19.1. The summed E-state index contributed by atoms with van der Waals surface area (Å²) in [5.74, 6) is 0.877. The Kier molecular flexibility index (Phi) is 6.77. The lowest BCUT2D eigenvalue weighted by molar-refractivity contribution is -0.191. The number of hydrogen-bond donors (Lipinski definition) is 1. The summed E-state index contributed by atoms with van der Waals surface area (Å²) in [7, 11) is 0. The minimum Gasteiger partial charge on any atom is -0.399 e. The van der Waals surface area contributed by atoms with E-state index in [0.717, 1.165) is 36.6 Å². The minimum atomic E-state index is -0.399. The van der Waals surface area contributed by atoms with E-state index in [1.54, 1.807) is 12.1 Å². The molecule has 1 fully saturated rings. The van der Waals surface area contributed by atoms with E-state index in [-0.39, 0.29) is 6.15 Å². The van der Waals surface area contributed by atoms with Gasteiger partial charge in [-0.1, -0.05) is 6.92 Å². The van der Waals surface area contributed by atoms with E-state index < -0.39 is 5.82 Å². The van der Waals surface area contributed by atoms with Crippen molar-refractivity contribution < 1.29 is 18.7 Å². The van der Waals surface area contributed by atoms with Crippen molar-refractivity contribution in [2.45, 2.75) is 20.3 Å². The van der Waals surface area contributed by atoms with Gasteiger partial charge in [0.15, 0.2) is 5.82 Å². The van der Waals surface area contributed by atoms with E-state index in [1.807, 2.05) is 13.8 Å². The third kappa shape index (κ3) is 4.41. The molecule has 0 bridgehead atoms. The number of anilines is 2. The second kappa shape index (κ2) is 9.03.